The fourth-order valence-electron chi connectivity index (χ4n) is 0.589. The van der Waals surface area contributed by atoms with Gasteiger partial charge in [0.2, 0.25) is 0 Å². The minimum absolute atomic E-state index is 0. The molecule has 0 fully saturated rings. The van der Waals surface area contributed by atoms with Crippen LogP contribution in [0.1, 0.15) is 5.56 Å². The Labute approximate surface area is 75.7 Å². The first-order chi connectivity index (χ1) is 3.93. The molecular formula is C8H12BrP. The van der Waals surface area contributed by atoms with Crippen molar-refractivity contribution in [2.75, 3.05) is 0 Å². The van der Waals surface area contributed by atoms with E-state index in [1.165, 1.54) is 5.56 Å². The molecule has 0 aromatic heterocycles. The fraction of sp³-hybridized carbons (Fsp3) is 0. The topological polar surface area (TPSA) is 0 Å². The van der Waals surface area contributed by atoms with Crippen LogP contribution in [-0.2, 0) is 0 Å². The van der Waals surface area contributed by atoms with Crippen molar-refractivity contribution in [3.63, 3.8) is 0 Å². The van der Waals surface area contributed by atoms with Gasteiger partial charge >= 0.3 is 0 Å². The van der Waals surface area contributed by atoms with E-state index in [9.17, 15) is 0 Å². The zero-order valence-electron chi connectivity index (χ0n) is 5.79. The monoisotopic (exact) mass is 218 g/mol. The highest BCUT2D eigenvalue weighted by atomic mass is 79.9. The number of hydrogen-bond donors (Lipinski definition) is 0. The molecule has 0 aliphatic rings. The predicted octanol–water partition coefficient (Wildman–Crippen LogP) is 2.97. The molecule has 0 N–H and O–H groups in total. The van der Waals surface area contributed by atoms with E-state index in [2.05, 4.69) is 6.58 Å². The second-order valence-electron chi connectivity index (χ2n) is 1.61. The second kappa shape index (κ2) is 6.98. The lowest BCUT2D eigenvalue weighted by Crippen LogP contribution is -1.63. The van der Waals surface area contributed by atoms with Crippen LogP contribution in [0.2, 0.25) is 0 Å². The van der Waals surface area contributed by atoms with Gasteiger partial charge in [0.15, 0.2) is 0 Å². The molecule has 1 atom stereocenters. The molecule has 0 radical (unpaired) electrons. The summed E-state index contributed by atoms with van der Waals surface area (Å²) in [7, 11) is 0. The maximum Gasteiger partial charge on any atom is -0.0263 e. The molecule has 1 aromatic rings. The van der Waals surface area contributed by atoms with Gasteiger partial charge in [-0.05, 0) is 5.56 Å². The minimum atomic E-state index is 0. The first-order valence-corrected chi connectivity index (χ1v) is 2.61. The predicted molar refractivity (Wildman–Crippen MR) is 58.0 cm³/mol. The van der Waals surface area contributed by atoms with Crippen molar-refractivity contribution in [3.8, 4) is 0 Å². The summed E-state index contributed by atoms with van der Waals surface area (Å²) in [6.07, 6.45) is 1.83. The van der Waals surface area contributed by atoms with Crippen LogP contribution < -0.4 is 0 Å². The van der Waals surface area contributed by atoms with E-state index in [1.807, 2.05) is 36.4 Å². The SMILES string of the molecule is Br.C=Cc1ccccc1.P. The van der Waals surface area contributed by atoms with Crippen LogP contribution in [-0.4, -0.2) is 0 Å². The van der Waals surface area contributed by atoms with Crippen molar-refractivity contribution < 1.29 is 0 Å². The quantitative estimate of drug-likeness (QED) is 0.637. The third-order valence-corrected chi connectivity index (χ3v) is 1.04. The molecule has 0 saturated carbocycles. The van der Waals surface area contributed by atoms with Gasteiger partial charge in [-0.2, -0.15) is 9.90 Å². The summed E-state index contributed by atoms with van der Waals surface area (Å²) in [5, 5.41) is 0. The molecule has 1 rings (SSSR count). The summed E-state index contributed by atoms with van der Waals surface area (Å²) < 4.78 is 0. The molecule has 1 unspecified atom stereocenters. The van der Waals surface area contributed by atoms with E-state index in [0.29, 0.717) is 0 Å². The van der Waals surface area contributed by atoms with Crippen LogP contribution in [0.25, 0.3) is 6.08 Å². The minimum Gasteiger partial charge on any atom is -0.153 e. The van der Waals surface area contributed by atoms with E-state index in [0.717, 1.165) is 0 Å². The van der Waals surface area contributed by atoms with Gasteiger partial charge in [-0.1, -0.05) is 43.0 Å². The van der Waals surface area contributed by atoms with Crippen LogP contribution >= 0.6 is 26.9 Å². The largest absolute Gasteiger partial charge is 0.153 e. The molecule has 2 heteroatoms. The first kappa shape index (κ1) is 12.5. The maximum atomic E-state index is 3.63. The Hall–Kier alpha value is -0.130. The lowest BCUT2D eigenvalue weighted by atomic mass is 10.2. The van der Waals surface area contributed by atoms with Crippen LogP contribution in [0.15, 0.2) is 36.9 Å². The fourth-order valence-corrected chi connectivity index (χ4v) is 0.589. The molecule has 0 spiro atoms. The molecule has 56 valence electrons. The van der Waals surface area contributed by atoms with E-state index in [1.54, 1.807) is 0 Å². The highest BCUT2D eigenvalue weighted by molar-refractivity contribution is 8.93. The number of benzene rings is 1. The van der Waals surface area contributed by atoms with Crippen molar-refractivity contribution in [2.45, 2.75) is 0 Å². The highest BCUT2D eigenvalue weighted by Crippen LogP contribution is 1.97. The summed E-state index contributed by atoms with van der Waals surface area (Å²) in [6, 6.07) is 10.0. The van der Waals surface area contributed by atoms with Gasteiger partial charge in [0.25, 0.3) is 0 Å². The summed E-state index contributed by atoms with van der Waals surface area (Å²) in [5.41, 5.74) is 1.17. The Kier molecular flexibility index (Phi) is 8.75. The summed E-state index contributed by atoms with van der Waals surface area (Å²) in [4.78, 5) is 0. The molecule has 0 amide bonds. The molecule has 10 heavy (non-hydrogen) atoms. The van der Waals surface area contributed by atoms with Crippen molar-refractivity contribution in [3.05, 3.63) is 42.5 Å². The highest BCUT2D eigenvalue weighted by Gasteiger charge is 1.75. The zero-order valence-corrected chi connectivity index (χ0v) is 8.91. The average Bonchev–Trinajstić information content (AvgIpc) is 1.90. The van der Waals surface area contributed by atoms with Crippen molar-refractivity contribution in [1.29, 1.82) is 0 Å². The average molecular weight is 219 g/mol. The van der Waals surface area contributed by atoms with Crippen LogP contribution in [0.5, 0.6) is 0 Å². The second-order valence-corrected chi connectivity index (χ2v) is 1.61. The van der Waals surface area contributed by atoms with Gasteiger partial charge in [0.1, 0.15) is 0 Å². The third-order valence-electron chi connectivity index (χ3n) is 1.04. The Morgan fingerprint density at radius 2 is 1.60 bits per heavy atom. The molecular weight excluding hydrogens is 207 g/mol. The standard InChI is InChI=1S/C8H8.BrH.H3P/c1-2-8-6-4-3-5-7-8;;/h2-7H,1H2;1H;1H3. The number of hydrogen-bond acceptors (Lipinski definition) is 0. The summed E-state index contributed by atoms with van der Waals surface area (Å²) in [5.74, 6) is 0. The molecule has 0 heterocycles. The van der Waals surface area contributed by atoms with E-state index < -0.39 is 0 Å². The lowest BCUT2D eigenvalue weighted by Gasteiger charge is -1.85. The van der Waals surface area contributed by atoms with Gasteiger partial charge in [-0.3, -0.25) is 0 Å². The van der Waals surface area contributed by atoms with Gasteiger partial charge in [0, 0.05) is 0 Å². The Morgan fingerprint density at radius 3 is 1.90 bits per heavy atom. The van der Waals surface area contributed by atoms with Crippen LogP contribution in [0.3, 0.4) is 0 Å². The molecule has 0 nitrogen and oxygen atoms in total. The lowest BCUT2D eigenvalue weighted by molar-refractivity contribution is 1.67. The molecule has 0 bridgehead atoms. The summed E-state index contributed by atoms with van der Waals surface area (Å²) in [6.45, 7) is 3.63. The smallest absolute Gasteiger partial charge is 0.0263 e. The van der Waals surface area contributed by atoms with Gasteiger partial charge < -0.3 is 0 Å². The first-order valence-electron chi connectivity index (χ1n) is 2.61. The van der Waals surface area contributed by atoms with E-state index in [4.69, 9.17) is 0 Å². The molecule has 0 saturated heterocycles. The molecule has 1 aromatic carbocycles. The number of halogens is 1. The Balaban J connectivity index is 0. The van der Waals surface area contributed by atoms with Crippen molar-refractivity contribution >= 4 is 33.0 Å². The van der Waals surface area contributed by atoms with Crippen molar-refractivity contribution in [1.82, 2.24) is 0 Å². The van der Waals surface area contributed by atoms with Crippen LogP contribution in [0, 0.1) is 0 Å². The number of rotatable bonds is 1. The van der Waals surface area contributed by atoms with E-state index in [-0.39, 0.29) is 26.9 Å². The maximum absolute atomic E-state index is 3.63. The van der Waals surface area contributed by atoms with Gasteiger partial charge in [0.05, 0.1) is 0 Å². The molecule has 0 aliphatic heterocycles. The Bertz CT molecular complexity index is 172. The summed E-state index contributed by atoms with van der Waals surface area (Å²) >= 11 is 0. The van der Waals surface area contributed by atoms with Gasteiger partial charge in [-0.15, -0.1) is 17.0 Å². The van der Waals surface area contributed by atoms with Gasteiger partial charge in [-0.25, -0.2) is 0 Å². The van der Waals surface area contributed by atoms with Crippen molar-refractivity contribution in [2.24, 2.45) is 0 Å². The zero-order chi connectivity index (χ0) is 5.82. The molecule has 0 aliphatic carbocycles. The normalized spacial score (nSPS) is 6.80. The Morgan fingerprint density at radius 1 is 1.10 bits per heavy atom. The third kappa shape index (κ3) is 3.81. The van der Waals surface area contributed by atoms with E-state index >= 15 is 0 Å². The van der Waals surface area contributed by atoms with Crippen LogP contribution in [0.4, 0.5) is 0 Å².